The lowest BCUT2D eigenvalue weighted by atomic mass is 10.1. The van der Waals surface area contributed by atoms with Crippen molar-refractivity contribution in [3.05, 3.63) is 58.5 Å². The van der Waals surface area contributed by atoms with Crippen LogP contribution in [0.3, 0.4) is 0 Å². The molecule has 0 radical (unpaired) electrons. The van der Waals surface area contributed by atoms with E-state index in [1.807, 2.05) is 12.1 Å². The molecule has 0 fully saturated rings. The first kappa shape index (κ1) is 15.7. The molecular weight excluding hydrogens is 336 g/mol. The molecule has 1 amide bonds. The fourth-order valence-corrected chi connectivity index (χ4v) is 3.16. The summed E-state index contributed by atoms with van der Waals surface area (Å²) in [6.45, 7) is 0. The highest BCUT2D eigenvalue weighted by Crippen LogP contribution is 2.31. The highest BCUT2D eigenvalue weighted by atomic mass is 16.4. The molecule has 9 heteroatoms. The van der Waals surface area contributed by atoms with Crippen molar-refractivity contribution in [2.24, 2.45) is 0 Å². The molecule has 2 heterocycles. The Bertz CT molecular complexity index is 1100. The Hall–Kier alpha value is -3.80. The van der Waals surface area contributed by atoms with Crippen LogP contribution in [0.4, 0.5) is 0 Å². The van der Waals surface area contributed by atoms with E-state index in [0.717, 1.165) is 22.1 Å². The number of carboxylic acids is 1. The third-order valence-corrected chi connectivity index (χ3v) is 4.37. The van der Waals surface area contributed by atoms with Crippen molar-refractivity contribution in [3.63, 3.8) is 0 Å². The number of aromatic nitrogens is 4. The molecule has 4 rings (SSSR count). The van der Waals surface area contributed by atoms with Gasteiger partial charge in [-0.1, -0.05) is 11.3 Å². The van der Waals surface area contributed by atoms with E-state index < -0.39 is 11.9 Å². The summed E-state index contributed by atoms with van der Waals surface area (Å²) < 4.78 is 1.06. The molecule has 1 aromatic carbocycles. The van der Waals surface area contributed by atoms with Gasteiger partial charge < -0.3 is 10.4 Å². The van der Waals surface area contributed by atoms with Crippen LogP contribution in [0.5, 0.6) is 0 Å². The first-order valence-corrected chi connectivity index (χ1v) is 7.85. The average molecular weight is 348 g/mol. The van der Waals surface area contributed by atoms with Crippen molar-refractivity contribution in [2.75, 3.05) is 0 Å². The highest BCUT2D eigenvalue weighted by Gasteiger charge is 2.26. The number of hydrogen-bond acceptors (Lipinski definition) is 6. The Morgan fingerprint density at radius 1 is 1.35 bits per heavy atom. The lowest BCUT2D eigenvalue weighted by molar-refractivity contribution is 0.0687. The van der Waals surface area contributed by atoms with Gasteiger partial charge in [-0.2, -0.15) is 9.78 Å². The van der Waals surface area contributed by atoms with Crippen molar-refractivity contribution >= 4 is 17.5 Å². The minimum Gasteiger partial charge on any atom is -0.477 e. The summed E-state index contributed by atoms with van der Waals surface area (Å²) in [6, 6.07) is 8.45. The van der Waals surface area contributed by atoms with Gasteiger partial charge in [-0.15, -0.1) is 5.10 Å². The van der Waals surface area contributed by atoms with Crippen LogP contribution in [0.1, 0.15) is 50.1 Å². The number of nitriles is 1. The van der Waals surface area contributed by atoms with Gasteiger partial charge in [0.2, 0.25) is 0 Å². The Balaban J connectivity index is 1.63. The summed E-state index contributed by atoms with van der Waals surface area (Å²) in [5.41, 5.74) is 2.55. The summed E-state index contributed by atoms with van der Waals surface area (Å²) >= 11 is 0. The number of aromatic carboxylic acids is 1. The normalized spacial score (nSPS) is 15.4. The van der Waals surface area contributed by atoms with Gasteiger partial charge >= 0.3 is 5.97 Å². The van der Waals surface area contributed by atoms with Gasteiger partial charge in [-0.3, -0.25) is 4.79 Å². The van der Waals surface area contributed by atoms with Crippen molar-refractivity contribution in [1.29, 1.82) is 5.26 Å². The number of rotatable bonds is 3. The van der Waals surface area contributed by atoms with Crippen LogP contribution in [0.2, 0.25) is 0 Å². The number of aryl methyl sites for hydroxylation is 1. The molecule has 0 aliphatic heterocycles. The fraction of sp³-hybridized carbons (Fsp3) is 0.176. The first-order chi connectivity index (χ1) is 12.6. The third-order valence-electron chi connectivity index (χ3n) is 4.37. The summed E-state index contributed by atoms with van der Waals surface area (Å²) in [6.07, 6.45) is 2.75. The molecule has 26 heavy (non-hydrogen) atoms. The Morgan fingerprint density at radius 3 is 2.96 bits per heavy atom. The van der Waals surface area contributed by atoms with Gasteiger partial charge in [0.05, 0.1) is 23.9 Å². The molecule has 1 atom stereocenters. The van der Waals surface area contributed by atoms with E-state index in [1.165, 1.54) is 12.3 Å². The largest absolute Gasteiger partial charge is 0.477 e. The van der Waals surface area contributed by atoms with Crippen LogP contribution in [0, 0.1) is 11.3 Å². The maximum absolute atomic E-state index is 12.6. The van der Waals surface area contributed by atoms with Gasteiger partial charge in [0, 0.05) is 6.07 Å². The monoisotopic (exact) mass is 348 g/mol. The first-order valence-electron chi connectivity index (χ1n) is 7.85. The van der Waals surface area contributed by atoms with E-state index in [9.17, 15) is 14.7 Å². The number of carbonyl (C=O) groups is 2. The number of amides is 1. The zero-order valence-electron chi connectivity index (χ0n) is 13.4. The molecule has 1 aliphatic carbocycles. The van der Waals surface area contributed by atoms with Crippen molar-refractivity contribution in [1.82, 2.24) is 25.1 Å². The fourth-order valence-electron chi connectivity index (χ4n) is 3.16. The van der Waals surface area contributed by atoms with Gasteiger partial charge in [-0.25, -0.2) is 9.78 Å². The SMILES string of the molecule is N#Cc1ccc2c(c1)CC[C@@H]2NC(=O)c1cc(C(=O)O)n2nncc2n1. The summed E-state index contributed by atoms with van der Waals surface area (Å²) in [5, 5.41) is 28.4. The lowest BCUT2D eigenvalue weighted by Gasteiger charge is -2.14. The van der Waals surface area contributed by atoms with E-state index in [0.29, 0.717) is 12.0 Å². The predicted octanol–water partition coefficient (Wildman–Crippen LogP) is 1.11. The Morgan fingerprint density at radius 2 is 2.19 bits per heavy atom. The smallest absolute Gasteiger partial charge is 0.354 e. The summed E-state index contributed by atoms with van der Waals surface area (Å²) in [5.74, 6) is -1.70. The zero-order chi connectivity index (χ0) is 18.3. The summed E-state index contributed by atoms with van der Waals surface area (Å²) in [4.78, 5) is 28.1. The van der Waals surface area contributed by atoms with Crippen LogP contribution in [0.15, 0.2) is 30.5 Å². The quantitative estimate of drug-likeness (QED) is 0.724. The van der Waals surface area contributed by atoms with Crippen LogP contribution in [-0.2, 0) is 6.42 Å². The molecule has 2 aromatic heterocycles. The number of nitrogens with zero attached hydrogens (tertiary/aromatic N) is 5. The number of carboxylic acid groups (broad SMARTS) is 1. The molecule has 3 aromatic rings. The third kappa shape index (κ3) is 2.53. The lowest BCUT2D eigenvalue weighted by Crippen LogP contribution is -2.28. The minimum absolute atomic E-state index is 0.0145. The van der Waals surface area contributed by atoms with Crippen LogP contribution in [0.25, 0.3) is 5.65 Å². The zero-order valence-corrected chi connectivity index (χ0v) is 13.4. The molecule has 0 saturated carbocycles. The molecule has 0 saturated heterocycles. The van der Waals surface area contributed by atoms with Crippen LogP contribution < -0.4 is 5.32 Å². The number of benzene rings is 1. The van der Waals surface area contributed by atoms with Gasteiger partial charge in [0.15, 0.2) is 11.3 Å². The molecular formula is C17H12N6O3. The van der Waals surface area contributed by atoms with Gasteiger partial charge in [0.25, 0.3) is 5.91 Å². The van der Waals surface area contributed by atoms with E-state index >= 15 is 0 Å². The van der Waals surface area contributed by atoms with Crippen molar-refractivity contribution in [2.45, 2.75) is 18.9 Å². The molecule has 128 valence electrons. The van der Waals surface area contributed by atoms with E-state index in [-0.39, 0.29) is 23.1 Å². The van der Waals surface area contributed by atoms with E-state index in [2.05, 4.69) is 26.7 Å². The van der Waals surface area contributed by atoms with E-state index in [1.54, 1.807) is 6.07 Å². The number of nitrogens with one attached hydrogen (secondary N) is 1. The highest BCUT2D eigenvalue weighted by molar-refractivity contribution is 5.96. The van der Waals surface area contributed by atoms with Crippen molar-refractivity contribution < 1.29 is 14.7 Å². The van der Waals surface area contributed by atoms with Gasteiger partial charge in [-0.05, 0) is 36.1 Å². The maximum Gasteiger partial charge on any atom is 0.354 e. The average Bonchev–Trinajstić information content (AvgIpc) is 3.27. The molecule has 9 nitrogen and oxygen atoms in total. The van der Waals surface area contributed by atoms with Crippen LogP contribution in [-0.4, -0.2) is 36.8 Å². The second kappa shape index (κ2) is 5.93. The van der Waals surface area contributed by atoms with Gasteiger partial charge in [0.1, 0.15) is 5.69 Å². The molecule has 1 aliphatic rings. The van der Waals surface area contributed by atoms with Crippen LogP contribution >= 0.6 is 0 Å². The minimum atomic E-state index is -1.23. The summed E-state index contributed by atoms with van der Waals surface area (Å²) in [7, 11) is 0. The topological polar surface area (TPSA) is 133 Å². The number of carbonyl (C=O) groups excluding carboxylic acids is 1. The second-order valence-corrected chi connectivity index (χ2v) is 5.93. The van der Waals surface area contributed by atoms with Crippen molar-refractivity contribution in [3.8, 4) is 6.07 Å². The number of fused-ring (bicyclic) bond motifs is 2. The Labute approximate surface area is 146 Å². The maximum atomic E-state index is 12.6. The number of hydrogen-bond donors (Lipinski definition) is 2. The second-order valence-electron chi connectivity index (χ2n) is 5.93. The molecule has 0 bridgehead atoms. The molecule has 0 spiro atoms. The standard InChI is InChI=1S/C17H12N6O3/c18-7-9-1-3-11-10(5-9)2-4-12(11)21-16(24)13-6-14(17(25)26)23-15(20-13)8-19-22-23/h1,3,5-6,8,12H,2,4H2,(H,21,24)(H,25,26)/t12-/m0/s1. The molecule has 0 unspecified atom stereocenters. The molecule has 2 N–H and O–H groups in total. The predicted molar refractivity (Wildman–Crippen MR) is 87.4 cm³/mol. The van der Waals surface area contributed by atoms with E-state index in [4.69, 9.17) is 5.26 Å². The Kier molecular flexibility index (Phi) is 3.58.